The van der Waals surface area contributed by atoms with Gasteiger partial charge >= 0.3 is 0 Å². The minimum atomic E-state index is 0.857. The minimum absolute atomic E-state index is 0.857. The molecule has 278 valence electrons. The van der Waals surface area contributed by atoms with Crippen LogP contribution in [0.4, 0.5) is 34.1 Å². The first-order chi connectivity index (χ1) is 29.2. The normalized spacial score (nSPS) is 11.4. The Labute approximate surface area is 343 Å². The first-order valence-electron chi connectivity index (χ1n) is 20.1. The molecule has 0 amide bonds. The SMILES string of the molecule is c1ccc(N(c2ccccc2)c2cccc(N(c3ccc(-c4ccc5ccc(-c6cccc7ccccc67)cc5c4)cc3)c3cccc4oc5ccccc5c34)c2)cc1. The number of hydrogen-bond donors (Lipinski definition) is 0. The number of benzene rings is 10. The Morgan fingerprint density at radius 1 is 0.288 bits per heavy atom. The highest BCUT2D eigenvalue weighted by atomic mass is 16.3. The summed E-state index contributed by atoms with van der Waals surface area (Å²) in [6, 6.07) is 82.4. The van der Waals surface area contributed by atoms with Crippen LogP contribution in [-0.4, -0.2) is 0 Å². The standard InChI is InChI=1S/C56H38N2O/c1-3-16-45(17-4-1)57(46-18-5-2-6-19-46)48-20-12-21-49(38-48)58(53-25-13-27-55-56(53)52-23-9-10-26-54(52)59-55)47-34-32-39(33-35-47)42-30-28-40-29-31-43(37-44(40)36-42)51-24-11-15-41-14-7-8-22-50(41)51/h1-38H. The molecule has 1 heterocycles. The van der Waals surface area contributed by atoms with Gasteiger partial charge in [0.25, 0.3) is 0 Å². The summed E-state index contributed by atoms with van der Waals surface area (Å²) in [6.45, 7) is 0. The summed E-state index contributed by atoms with van der Waals surface area (Å²) in [4.78, 5) is 4.67. The van der Waals surface area contributed by atoms with E-state index in [4.69, 9.17) is 4.42 Å². The van der Waals surface area contributed by atoms with Gasteiger partial charge in [0.15, 0.2) is 0 Å². The molecule has 0 unspecified atom stereocenters. The Morgan fingerprint density at radius 2 is 0.831 bits per heavy atom. The van der Waals surface area contributed by atoms with Gasteiger partial charge in [0.1, 0.15) is 11.2 Å². The van der Waals surface area contributed by atoms with Gasteiger partial charge in [-0.1, -0.05) is 146 Å². The molecule has 0 atom stereocenters. The monoisotopic (exact) mass is 754 g/mol. The molecule has 1 aromatic heterocycles. The molecule has 0 aliphatic rings. The third-order valence-electron chi connectivity index (χ3n) is 11.4. The highest BCUT2D eigenvalue weighted by molar-refractivity contribution is 6.13. The molecule has 10 aromatic carbocycles. The molecular formula is C56H38N2O. The molecule has 59 heavy (non-hydrogen) atoms. The second-order valence-electron chi connectivity index (χ2n) is 15.0. The number of nitrogens with zero attached hydrogens (tertiary/aromatic N) is 2. The molecule has 11 rings (SSSR count). The van der Waals surface area contributed by atoms with Gasteiger partial charge in [0, 0.05) is 33.8 Å². The van der Waals surface area contributed by atoms with Crippen LogP contribution in [0.2, 0.25) is 0 Å². The Balaban J connectivity index is 1.03. The predicted octanol–water partition coefficient (Wildman–Crippen LogP) is 16.2. The quantitative estimate of drug-likeness (QED) is 0.154. The molecule has 0 N–H and O–H groups in total. The maximum atomic E-state index is 6.43. The van der Waals surface area contributed by atoms with Gasteiger partial charge in [0.05, 0.1) is 11.1 Å². The lowest BCUT2D eigenvalue weighted by atomic mass is 9.95. The molecule has 0 saturated carbocycles. The lowest BCUT2D eigenvalue weighted by molar-refractivity contribution is 0.669. The average molecular weight is 755 g/mol. The molecule has 0 fully saturated rings. The van der Waals surface area contributed by atoms with Gasteiger partial charge in [-0.3, -0.25) is 0 Å². The summed E-state index contributed by atoms with van der Waals surface area (Å²) in [5.41, 5.74) is 12.9. The van der Waals surface area contributed by atoms with Gasteiger partial charge in [-0.05, 0) is 129 Å². The van der Waals surface area contributed by atoms with Crippen LogP contribution in [0, 0.1) is 0 Å². The van der Waals surface area contributed by atoms with E-state index in [1.807, 2.05) is 12.1 Å². The second-order valence-corrected chi connectivity index (χ2v) is 15.0. The lowest BCUT2D eigenvalue weighted by Gasteiger charge is -2.29. The fraction of sp³-hybridized carbons (Fsp3) is 0. The molecule has 0 aliphatic heterocycles. The van der Waals surface area contributed by atoms with Crippen LogP contribution in [-0.2, 0) is 0 Å². The number of anilines is 6. The molecule has 0 radical (unpaired) electrons. The Hall–Kier alpha value is -7.88. The molecule has 0 saturated heterocycles. The number of rotatable bonds is 8. The fourth-order valence-corrected chi connectivity index (χ4v) is 8.62. The van der Waals surface area contributed by atoms with Crippen molar-refractivity contribution in [1.29, 1.82) is 0 Å². The van der Waals surface area contributed by atoms with Crippen LogP contribution in [0.25, 0.3) is 65.7 Å². The van der Waals surface area contributed by atoms with Crippen molar-refractivity contribution in [2.45, 2.75) is 0 Å². The van der Waals surface area contributed by atoms with Gasteiger partial charge in [0.2, 0.25) is 0 Å². The van der Waals surface area contributed by atoms with E-state index < -0.39 is 0 Å². The number of hydrogen-bond acceptors (Lipinski definition) is 3. The third-order valence-corrected chi connectivity index (χ3v) is 11.4. The minimum Gasteiger partial charge on any atom is -0.456 e. The van der Waals surface area contributed by atoms with Crippen molar-refractivity contribution < 1.29 is 4.42 Å². The smallest absolute Gasteiger partial charge is 0.137 e. The van der Waals surface area contributed by atoms with E-state index in [0.717, 1.165) is 61.6 Å². The van der Waals surface area contributed by atoms with Gasteiger partial charge < -0.3 is 14.2 Å². The molecule has 0 spiro atoms. The van der Waals surface area contributed by atoms with Crippen LogP contribution in [0.1, 0.15) is 0 Å². The summed E-state index contributed by atoms with van der Waals surface area (Å²) < 4.78 is 6.43. The molecule has 0 bridgehead atoms. The van der Waals surface area contributed by atoms with Crippen LogP contribution < -0.4 is 9.80 Å². The maximum absolute atomic E-state index is 6.43. The first kappa shape index (κ1) is 34.4. The Morgan fingerprint density at radius 3 is 1.61 bits per heavy atom. The summed E-state index contributed by atoms with van der Waals surface area (Å²) in [7, 11) is 0. The summed E-state index contributed by atoms with van der Waals surface area (Å²) >= 11 is 0. The van der Waals surface area contributed by atoms with Gasteiger partial charge in [-0.15, -0.1) is 0 Å². The van der Waals surface area contributed by atoms with E-state index in [1.54, 1.807) is 0 Å². The molecule has 0 aliphatic carbocycles. The van der Waals surface area contributed by atoms with Crippen molar-refractivity contribution in [3.05, 3.63) is 231 Å². The summed E-state index contributed by atoms with van der Waals surface area (Å²) in [6.07, 6.45) is 0. The second kappa shape index (κ2) is 14.6. The van der Waals surface area contributed by atoms with E-state index in [2.05, 4.69) is 228 Å². The van der Waals surface area contributed by atoms with E-state index in [9.17, 15) is 0 Å². The average Bonchev–Trinajstić information content (AvgIpc) is 3.69. The Kier molecular flexibility index (Phi) is 8.49. The third kappa shape index (κ3) is 6.26. The van der Waals surface area contributed by atoms with Crippen LogP contribution in [0.15, 0.2) is 235 Å². The molecule has 3 heteroatoms. The van der Waals surface area contributed by atoms with E-state index >= 15 is 0 Å². The summed E-state index contributed by atoms with van der Waals surface area (Å²) in [5.74, 6) is 0. The van der Waals surface area contributed by atoms with Crippen molar-refractivity contribution in [2.75, 3.05) is 9.80 Å². The number of furan rings is 1. The maximum Gasteiger partial charge on any atom is 0.137 e. The van der Waals surface area contributed by atoms with Gasteiger partial charge in [-0.25, -0.2) is 0 Å². The number of para-hydroxylation sites is 3. The zero-order chi connectivity index (χ0) is 39.1. The zero-order valence-electron chi connectivity index (χ0n) is 32.2. The first-order valence-corrected chi connectivity index (χ1v) is 20.1. The van der Waals surface area contributed by atoms with E-state index in [0.29, 0.717) is 0 Å². The number of fused-ring (bicyclic) bond motifs is 5. The Bertz CT molecular complexity index is 3230. The molecule has 11 aromatic rings. The van der Waals surface area contributed by atoms with Crippen molar-refractivity contribution in [2.24, 2.45) is 0 Å². The predicted molar refractivity (Wildman–Crippen MR) is 249 cm³/mol. The zero-order valence-corrected chi connectivity index (χ0v) is 32.2. The highest BCUT2D eigenvalue weighted by Gasteiger charge is 2.21. The van der Waals surface area contributed by atoms with Crippen molar-refractivity contribution in [3.63, 3.8) is 0 Å². The molecule has 3 nitrogen and oxygen atoms in total. The molecular weight excluding hydrogens is 717 g/mol. The fourth-order valence-electron chi connectivity index (χ4n) is 8.62. The van der Waals surface area contributed by atoms with Crippen molar-refractivity contribution in [3.8, 4) is 22.3 Å². The van der Waals surface area contributed by atoms with Crippen LogP contribution in [0.3, 0.4) is 0 Å². The summed E-state index contributed by atoms with van der Waals surface area (Å²) in [5, 5.41) is 7.13. The lowest BCUT2D eigenvalue weighted by Crippen LogP contribution is -2.13. The topological polar surface area (TPSA) is 19.6 Å². The van der Waals surface area contributed by atoms with Crippen LogP contribution in [0.5, 0.6) is 0 Å². The largest absolute Gasteiger partial charge is 0.456 e. The van der Waals surface area contributed by atoms with Crippen LogP contribution >= 0.6 is 0 Å². The van der Waals surface area contributed by atoms with Crippen molar-refractivity contribution >= 4 is 77.6 Å². The highest BCUT2D eigenvalue weighted by Crippen LogP contribution is 2.45. The van der Waals surface area contributed by atoms with Gasteiger partial charge in [-0.2, -0.15) is 0 Å². The van der Waals surface area contributed by atoms with E-state index in [-0.39, 0.29) is 0 Å². The van der Waals surface area contributed by atoms with Crippen molar-refractivity contribution in [1.82, 2.24) is 0 Å². The van der Waals surface area contributed by atoms with E-state index in [1.165, 1.54) is 38.2 Å².